The quantitative estimate of drug-likeness (QED) is 0.440. The highest BCUT2D eigenvalue weighted by atomic mass is 32.1. The van der Waals surface area contributed by atoms with E-state index in [9.17, 15) is 4.79 Å². The third kappa shape index (κ3) is 3.79. The fourth-order valence-electron chi connectivity index (χ4n) is 3.27. The maximum atomic E-state index is 13.1. The predicted molar refractivity (Wildman–Crippen MR) is 118 cm³/mol. The molecule has 150 valence electrons. The van der Waals surface area contributed by atoms with Gasteiger partial charge in [0.2, 0.25) is 5.13 Å². The van der Waals surface area contributed by atoms with E-state index in [-0.39, 0.29) is 5.91 Å². The number of nitrogens with zero attached hydrogens (tertiary/aromatic N) is 5. The number of thiophene rings is 1. The summed E-state index contributed by atoms with van der Waals surface area (Å²) in [7, 11) is 0. The van der Waals surface area contributed by atoms with Crippen molar-refractivity contribution in [3.63, 3.8) is 0 Å². The van der Waals surface area contributed by atoms with Gasteiger partial charge in [0.15, 0.2) is 5.65 Å². The van der Waals surface area contributed by atoms with Crippen LogP contribution in [-0.4, -0.2) is 30.9 Å². The van der Waals surface area contributed by atoms with Gasteiger partial charge in [0.25, 0.3) is 5.91 Å². The second kappa shape index (κ2) is 8.38. The first-order valence-corrected chi connectivity index (χ1v) is 11.4. The van der Waals surface area contributed by atoms with Gasteiger partial charge in [-0.2, -0.15) is 5.10 Å². The fraction of sp³-hybridized carbons (Fsp3) is 0.350. The lowest BCUT2D eigenvalue weighted by Crippen LogP contribution is -2.13. The minimum atomic E-state index is -0.224. The van der Waals surface area contributed by atoms with Crippen molar-refractivity contribution >= 4 is 44.7 Å². The van der Waals surface area contributed by atoms with Gasteiger partial charge in [0, 0.05) is 12.5 Å². The minimum Gasteiger partial charge on any atom is -0.296 e. The van der Waals surface area contributed by atoms with E-state index in [0.717, 1.165) is 33.8 Å². The molecule has 0 aliphatic carbocycles. The van der Waals surface area contributed by atoms with Crippen molar-refractivity contribution in [3.8, 4) is 10.6 Å². The lowest BCUT2D eigenvalue weighted by Gasteiger charge is -2.07. The highest BCUT2D eigenvalue weighted by molar-refractivity contribution is 7.15. The Labute approximate surface area is 176 Å². The Balaban J connectivity index is 1.71. The van der Waals surface area contributed by atoms with Crippen LogP contribution in [0.15, 0.2) is 29.8 Å². The summed E-state index contributed by atoms with van der Waals surface area (Å²) in [4.78, 5) is 18.9. The Morgan fingerprint density at radius 3 is 2.76 bits per heavy atom. The Morgan fingerprint density at radius 1 is 1.24 bits per heavy atom. The molecule has 0 aliphatic rings. The van der Waals surface area contributed by atoms with Crippen LogP contribution in [0.5, 0.6) is 0 Å². The number of hydrogen-bond donors (Lipinski definition) is 1. The van der Waals surface area contributed by atoms with Crippen LogP contribution in [0.1, 0.15) is 54.9 Å². The first-order valence-electron chi connectivity index (χ1n) is 9.69. The van der Waals surface area contributed by atoms with Crippen molar-refractivity contribution in [2.75, 3.05) is 5.32 Å². The largest absolute Gasteiger partial charge is 0.296 e. The molecule has 0 saturated heterocycles. The molecular formula is C20H22N6OS2. The van der Waals surface area contributed by atoms with Crippen molar-refractivity contribution in [1.82, 2.24) is 25.0 Å². The van der Waals surface area contributed by atoms with Crippen LogP contribution in [0.25, 0.3) is 21.6 Å². The lowest BCUT2D eigenvalue weighted by molar-refractivity contribution is 0.102. The number of amides is 1. The maximum absolute atomic E-state index is 13.1. The van der Waals surface area contributed by atoms with Crippen molar-refractivity contribution in [1.29, 1.82) is 0 Å². The highest BCUT2D eigenvalue weighted by Gasteiger charge is 2.20. The zero-order chi connectivity index (χ0) is 20.4. The molecule has 9 heteroatoms. The maximum Gasteiger partial charge on any atom is 0.258 e. The first-order chi connectivity index (χ1) is 14.1. The number of aromatic nitrogens is 5. The van der Waals surface area contributed by atoms with Crippen LogP contribution in [0.2, 0.25) is 0 Å². The standard InChI is InChI=1S/C20H22N6OS2/c1-4-12(5-2)19-24-25-20(29-19)23-18(27)13-10-15(16-8-7-9-28-16)22-17-14(13)11-21-26(17)6-3/h7-12H,4-6H2,1-3H3,(H,23,25,27). The van der Waals surface area contributed by atoms with Crippen LogP contribution in [-0.2, 0) is 6.54 Å². The van der Waals surface area contributed by atoms with E-state index < -0.39 is 0 Å². The van der Waals surface area contributed by atoms with Crippen LogP contribution in [0.3, 0.4) is 0 Å². The number of rotatable bonds is 7. The molecule has 4 heterocycles. The number of nitrogens with one attached hydrogen (secondary N) is 1. The highest BCUT2D eigenvalue weighted by Crippen LogP contribution is 2.30. The van der Waals surface area contributed by atoms with Gasteiger partial charge >= 0.3 is 0 Å². The molecule has 0 spiro atoms. The molecule has 1 amide bonds. The first kappa shape index (κ1) is 19.7. The molecule has 0 aliphatic heterocycles. The molecule has 0 fully saturated rings. The van der Waals surface area contributed by atoms with E-state index in [0.29, 0.717) is 28.8 Å². The van der Waals surface area contributed by atoms with E-state index in [2.05, 4.69) is 34.5 Å². The molecule has 4 aromatic rings. The van der Waals surface area contributed by atoms with Gasteiger partial charge in [-0.05, 0) is 37.3 Å². The molecule has 29 heavy (non-hydrogen) atoms. The summed E-state index contributed by atoms with van der Waals surface area (Å²) in [5.74, 6) is 0.150. The summed E-state index contributed by atoms with van der Waals surface area (Å²) in [5.41, 5.74) is 2.01. The summed E-state index contributed by atoms with van der Waals surface area (Å²) < 4.78 is 1.80. The average molecular weight is 427 g/mol. The SMILES string of the molecule is CCC(CC)c1nnc(NC(=O)c2cc(-c3cccs3)nc3c2cnn3CC)s1. The molecule has 0 unspecified atom stereocenters. The Morgan fingerprint density at radius 2 is 2.07 bits per heavy atom. The molecule has 0 atom stereocenters. The van der Waals surface area contributed by atoms with E-state index >= 15 is 0 Å². The Hall–Kier alpha value is -2.65. The fourth-order valence-corrected chi connectivity index (χ4v) is 4.96. The van der Waals surface area contributed by atoms with Crippen LogP contribution in [0.4, 0.5) is 5.13 Å². The number of carbonyl (C=O) groups excluding carboxylic acids is 1. The van der Waals surface area contributed by atoms with E-state index in [1.165, 1.54) is 11.3 Å². The Bertz CT molecular complexity index is 1130. The summed E-state index contributed by atoms with van der Waals surface area (Å²) in [6.45, 7) is 6.96. The molecule has 0 radical (unpaired) electrons. The number of carbonyl (C=O) groups is 1. The van der Waals surface area contributed by atoms with Crippen molar-refractivity contribution in [2.45, 2.75) is 46.1 Å². The third-order valence-corrected chi connectivity index (χ3v) is 6.82. The minimum absolute atomic E-state index is 0.224. The van der Waals surface area contributed by atoms with Gasteiger partial charge in [-0.25, -0.2) is 9.67 Å². The number of hydrogen-bond acceptors (Lipinski definition) is 7. The molecule has 1 N–H and O–H groups in total. The average Bonchev–Trinajstić information content (AvgIpc) is 3.49. The Kier molecular flexibility index (Phi) is 5.68. The number of pyridine rings is 1. The second-order valence-corrected chi connectivity index (χ2v) is 8.60. The molecule has 0 saturated carbocycles. The number of aryl methyl sites for hydroxylation is 1. The topological polar surface area (TPSA) is 85.6 Å². The van der Waals surface area contributed by atoms with Crippen LogP contribution >= 0.6 is 22.7 Å². The molecule has 0 bridgehead atoms. The van der Waals surface area contributed by atoms with E-state index in [1.54, 1.807) is 22.2 Å². The molecule has 7 nitrogen and oxygen atoms in total. The third-order valence-electron chi connectivity index (χ3n) is 4.92. The normalized spacial score (nSPS) is 11.4. The van der Waals surface area contributed by atoms with Crippen molar-refractivity contribution in [3.05, 3.63) is 40.3 Å². The predicted octanol–water partition coefficient (Wildman–Crippen LogP) is 5.19. The number of fused-ring (bicyclic) bond motifs is 1. The van der Waals surface area contributed by atoms with Gasteiger partial charge < -0.3 is 0 Å². The molecule has 4 rings (SSSR count). The summed E-state index contributed by atoms with van der Waals surface area (Å²) in [5, 5.41) is 20.0. The molecule has 0 aromatic carbocycles. The summed E-state index contributed by atoms with van der Waals surface area (Å²) in [6.07, 6.45) is 3.71. The monoisotopic (exact) mass is 426 g/mol. The van der Waals surface area contributed by atoms with Crippen molar-refractivity contribution < 1.29 is 4.79 Å². The van der Waals surface area contributed by atoms with Crippen LogP contribution < -0.4 is 5.32 Å². The summed E-state index contributed by atoms with van der Waals surface area (Å²) >= 11 is 3.03. The lowest BCUT2D eigenvalue weighted by atomic mass is 10.1. The zero-order valence-corrected chi connectivity index (χ0v) is 18.2. The summed E-state index contributed by atoms with van der Waals surface area (Å²) in [6, 6.07) is 5.80. The molecular weight excluding hydrogens is 404 g/mol. The van der Waals surface area contributed by atoms with Gasteiger partial charge in [0.1, 0.15) is 5.01 Å². The van der Waals surface area contributed by atoms with Gasteiger partial charge in [-0.1, -0.05) is 31.3 Å². The van der Waals surface area contributed by atoms with Crippen molar-refractivity contribution in [2.24, 2.45) is 0 Å². The van der Waals surface area contributed by atoms with Crippen LogP contribution in [0, 0.1) is 0 Å². The zero-order valence-electron chi connectivity index (χ0n) is 16.5. The number of anilines is 1. The van der Waals surface area contributed by atoms with E-state index in [4.69, 9.17) is 4.98 Å². The van der Waals surface area contributed by atoms with E-state index in [1.807, 2.05) is 30.5 Å². The second-order valence-electron chi connectivity index (χ2n) is 6.64. The van der Waals surface area contributed by atoms with Gasteiger partial charge in [0.05, 0.1) is 27.7 Å². The molecule has 4 aromatic heterocycles. The smallest absolute Gasteiger partial charge is 0.258 e. The van der Waals surface area contributed by atoms with Gasteiger partial charge in [-0.3, -0.25) is 10.1 Å². The van der Waals surface area contributed by atoms with Gasteiger partial charge in [-0.15, -0.1) is 21.5 Å².